The van der Waals surface area contributed by atoms with Crippen LogP contribution in [0.25, 0.3) is 0 Å². The topological polar surface area (TPSA) is 64.6 Å². The Bertz CT molecular complexity index is 838. The lowest BCUT2D eigenvalue weighted by Gasteiger charge is -2.27. The van der Waals surface area contributed by atoms with Gasteiger partial charge in [-0.1, -0.05) is 43.3 Å². The number of para-hydroxylation sites is 2. The fourth-order valence-corrected chi connectivity index (χ4v) is 3.17. The van der Waals surface area contributed by atoms with Crippen molar-refractivity contribution in [3.63, 3.8) is 0 Å². The number of esters is 2. The van der Waals surface area contributed by atoms with Crippen LogP contribution in [0.2, 0.25) is 0 Å². The van der Waals surface area contributed by atoms with Crippen LogP contribution in [0.4, 0.5) is 0 Å². The van der Waals surface area contributed by atoms with Gasteiger partial charge in [-0.05, 0) is 38.1 Å². The Hall–Kier alpha value is -3.34. The first-order chi connectivity index (χ1) is 13.0. The molecule has 0 radical (unpaired) electrons. The average molecular weight is 363 g/mol. The van der Waals surface area contributed by atoms with Crippen molar-refractivity contribution in [1.82, 2.24) is 5.32 Å². The van der Waals surface area contributed by atoms with E-state index in [1.54, 1.807) is 69.3 Å². The molecular weight excluding hydrogens is 342 g/mol. The fourth-order valence-electron chi connectivity index (χ4n) is 3.17. The van der Waals surface area contributed by atoms with Crippen molar-refractivity contribution >= 4 is 11.9 Å². The molecular formula is C22H21NO4. The van der Waals surface area contributed by atoms with Crippen LogP contribution >= 0.6 is 0 Å². The highest BCUT2D eigenvalue weighted by Gasteiger charge is 2.34. The van der Waals surface area contributed by atoms with Crippen molar-refractivity contribution in [2.75, 3.05) is 0 Å². The second-order valence-corrected chi connectivity index (χ2v) is 6.33. The second kappa shape index (κ2) is 7.91. The van der Waals surface area contributed by atoms with E-state index < -0.39 is 17.9 Å². The Morgan fingerprint density at radius 1 is 0.741 bits per heavy atom. The minimum atomic E-state index is -0.490. The molecule has 0 aromatic heterocycles. The average Bonchev–Trinajstić information content (AvgIpc) is 2.63. The highest BCUT2D eigenvalue weighted by Crippen LogP contribution is 2.31. The Kier molecular flexibility index (Phi) is 5.41. The quantitative estimate of drug-likeness (QED) is 0.657. The molecule has 0 aliphatic carbocycles. The molecule has 1 N–H and O–H groups in total. The molecule has 0 spiro atoms. The summed E-state index contributed by atoms with van der Waals surface area (Å²) in [4.78, 5) is 25.5. The van der Waals surface area contributed by atoms with Crippen LogP contribution in [-0.2, 0) is 9.59 Å². The van der Waals surface area contributed by atoms with Gasteiger partial charge in [0.05, 0.1) is 11.1 Å². The van der Waals surface area contributed by atoms with Gasteiger partial charge in [-0.2, -0.15) is 0 Å². The van der Waals surface area contributed by atoms with Crippen molar-refractivity contribution < 1.29 is 19.1 Å². The fraction of sp³-hybridized carbons (Fsp3) is 0.182. The van der Waals surface area contributed by atoms with Crippen LogP contribution in [0, 0.1) is 5.92 Å². The predicted octanol–water partition coefficient (Wildman–Crippen LogP) is 3.98. The molecule has 27 heavy (non-hydrogen) atoms. The number of allylic oxidation sites excluding steroid dienone is 2. The van der Waals surface area contributed by atoms with E-state index in [1.807, 2.05) is 12.1 Å². The van der Waals surface area contributed by atoms with E-state index in [9.17, 15) is 9.59 Å². The number of nitrogens with one attached hydrogen (secondary N) is 1. The van der Waals surface area contributed by atoms with Gasteiger partial charge in [-0.3, -0.25) is 0 Å². The summed E-state index contributed by atoms with van der Waals surface area (Å²) < 4.78 is 10.9. The van der Waals surface area contributed by atoms with Gasteiger partial charge >= 0.3 is 11.9 Å². The molecule has 2 aromatic rings. The maximum atomic E-state index is 12.7. The van der Waals surface area contributed by atoms with Crippen molar-refractivity contribution in [2.24, 2.45) is 5.92 Å². The summed E-state index contributed by atoms with van der Waals surface area (Å²) in [7, 11) is 0. The summed E-state index contributed by atoms with van der Waals surface area (Å²) in [6.07, 6.45) is 0. The van der Waals surface area contributed by atoms with Crippen LogP contribution in [0.1, 0.15) is 20.8 Å². The van der Waals surface area contributed by atoms with E-state index in [1.165, 1.54) is 0 Å². The summed E-state index contributed by atoms with van der Waals surface area (Å²) in [5, 5.41) is 3.10. The Balaban J connectivity index is 1.82. The van der Waals surface area contributed by atoms with Gasteiger partial charge in [0.25, 0.3) is 0 Å². The molecule has 1 aliphatic rings. The lowest BCUT2D eigenvalue weighted by molar-refractivity contribution is -0.131. The second-order valence-electron chi connectivity index (χ2n) is 6.33. The Morgan fingerprint density at radius 3 is 1.48 bits per heavy atom. The van der Waals surface area contributed by atoms with E-state index >= 15 is 0 Å². The van der Waals surface area contributed by atoms with Crippen molar-refractivity contribution in [3.8, 4) is 11.5 Å². The molecule has 2 aromatic carbocycles. The molecule has 138 valence electrons. The maximum absolute atomic E-state index is 12.7. The number of hydrogen-bond acceptors (Lipinski definition) is 5. The number of carbonyl (C=O) groups is 2. The first-order valence-electron chi connectivity index (χ1n) is 8.70. The zero-order valence-corrected chi connectivity index (χ0v) is 15.5. The van der Waals surface area contributed by atoms with Gasteiger partial charge in [0.1, 0.15) is 11.5 Å². The van der Waals surface area contributed by atoms with Gasteiger partial charge in [0, 0.05) is 17.3 Å². The van der Waals surface area contributed by atoms with Crippen LogP contribution in [0.15, 0.2) is 83.2 Å². The van der Waals surface area contributed by atoms with Crippen LogP contribution < -0.4 is 14.8 Å². The lowest BCUT2D eigenvalue weighted by Crippen LogP contribution is -2.33. The standard InChI is InChI=1S/C22H21NO4/c1-14-19(21(24)26-17-10-6-4-7-11-17)15(2)23-16(3)20(14)22(25)27-18-12-8-5-9-13-18/h4-14,23H,1-3H3. The van der Waals surface area contributed by atoms with E-state index in [0.717, 1.165) is 0 Å². The smallest absolute Gasteiger partial charge is 0.341 e. The molecule has 0 atom stereocenters. The molecule has 1 aliphatic heterocycles. The minimum absolute atomic E-state index is 0.407. The van der Waals surface area contributed by atoms with E-state index in [-0.39, 0.29) is 0 Å². The molecule has 0 unspecified atom stereocenters. The Labute approximate surface area is 158 Å². The molecule has 3 rings (SSSR count). The van der Waals surface area contributed by atoms with Gasteiger partial charge in [-0.15, -0.1) is 0 Å². The number of rotatable bonds is 4. The highest BCUT2D eigenvalue weighted by atomic mass is 16.5. The number of dihydropyridines is 1. The van der Waals surface area contributed by atoms with Gasteiger partial charge in [0.15, 0.2) is 0 Å². The maximum Gasteiger partial charge on any atom is 0.341 e. The minimum Gasteiger partial charge on any atom is -0.423 e. The van der Waals surface area contributed by atoms with Gasteiger partial charge < -0.3 is 14.8 Å². The van der Waals surface area contributed by atoms with Crippen LogP contribution in [0.3, 0.4) is 0 Å². The molecule has 0 saturated carbocycles. The summed E-state index contributed by atoms with van der Waals surface area (Å²) >= 11 is 0. The number of ether oxygens (including phenoxy) is 2. The van der Waals surface area contributed by atoms with Crippen molar-refractivity contribution in [1.29, 1.82) is 0 Å². The predicted molar refractivity (Wildman–Crippen MR) is 102 cm³/mol. The van der Waals surface area contributed by atoms with Crippen molar-refractivity contribution in [2.45, 2.75) is 20.8 Å². The molecule has 0 fully saturated rings. The summed E-state index contributed by atoms with van der Waals surface area (Å²) in [5.41, 5.74) is 2.14. The van der Waals surface area contributed by atoms with Gasteiger partial charge in [-0.25, -0.2) is 9.59 Å². The van der Waals surface area contributed by atoms with Gasteiger partial charge in [0.2, 0.25) is 0 Å². The third-order valence-corrected chi connectivity index (χ3v) is 4.40. The molecule has 5 heteroatoms. The lowest BCUT2D eigenvalue weighted by atomic mass is 9.87. The zero-order valence-electron chi connectivity index (χ0n) is 15.5. The summed E-state index contributed by atoms with van der Waals surface area (Å²) in [5.74, 6) is -0.532. The molecule has 0 amide bonds. The van der Waals surface area contributed by atoms with E-state index in [2.05, 4.69) is 5.32 Å². The summed E-state index contributed by atoms with van der Waals surface area (Å²) in [6.45, 7) is 5.39. The van der Waals surface area contributed by atoms with E-state index in [4.69, 9.17) is 9.47 Å². The SMILES string of the molecule is CC1=C(C(=O)Oc2ccccc2)C(C)C(C(=O)Oc2ccccc2)=C(C)N1. The van der Waals surface area contributed by atoms with Crippen LogP contribution in [-0.4, -0.2) is 11.9 Å². The zero-order chi connectivity index (χ0) is 19.4. The van der Waals surface area contributed by atoms with E-state index in [0.29, 0.717) is 34.0 Å². The molecule has 1 heterocycles. The highest BCUT2D eigenvalue weighted by molar-refractivity contribution is 5.99. The number of hydrogen-bond donors (Lipinski definition) is 1. The molecule has 0 saturated heterocycles. The Morgan fingerprint density at radius 2 is 1.11 bits per heavy atom. The largest absolute Gasteiger partial charge is 0.423 e. The molecule has 5 nitrogen and oxygen atoms in total. The normalized spacial score (nSPS) is 14.6. The molecule has 0 bridgehead atoms. The number of benzene rings is 2. The van der Waals surface area contributed by atoms with Crippen molar-refractivity contribution in [3.05, 3.63) is 83.2 Å². The number of carbonyl (C=O) groups excluding carboxylic acids is 2. The first kappa shape index (κ1) is 18.5. The monoisotopic (exact) mass is 363 g/mol. The summed E-state index contributed by atoms with van der Waals surface area (Å²) in [6, 6.07) is 17.7. The first-order valence-corrected chi connectivity index (χ1v) is 8.70. The third kappa shape index (κ3) is 4.08. The third-order valence-electron chi connectivity index (χ3n) is 4.40. The van der Waals surface area contributed by atoms with Crippen LogP contribution in [0.5, 0.6) is 11.5 Å².